The van der Waals surface area contributed by atoms with E-state index < -0.39 is 0 Å². The first-order chi connectivity index (χ1) is 5.27. The molecule has 0 aliphatic rings. The van der Waals surface area contributed by atoms with Crippen molar-refractivity contribution in [2.75, 3.05) is 6.54 Å². The van der Waals surface area contributed by atoms with Gasteiger partial charge in [-0.05, 0) is 13.0 Å². The summed E-state index contributed by atoms with van der Waals surface area (Å²) in [6.07, 6.45) is 1.77. The van der Waals surface area contributed by atoms with Crippen LogP contribution in [0.5, 0.6) is 0 Å². The van der Waals surface area contributed by atoms with Crippen molar-refractivity contribution < 1.29 is 4.79 Å². The molecule has 11 heavy (non-hydrogen) atoms. The first-order valence-electron chi connectivity index (χ1n) is 3.54. The number of carbonyl (C=O) groups excluding carboxylic acids is 1. The van der Waals surface area contributed by atoms with Crippen molar-refractivity contribution in [3.05, 3.63) is 18.0 Å². The van der Waals surface area contributed by atoms with Crippen LogP contribution in [0.15, 0.2) is 12.3 Å². The molecule has 2 N–H and O–H groups in total. The number of nitrogens with two attached hydrogens (primary N) is 1. The molecular weight excluding hydrogens is 142 g/mol. The Hall–Kier alpha value is -1.16. The molecule has 0 aliphatic carbocycles. The van der Waals surface area contributed by atoms with Gasteiger partial charge in [-0.25, -0.2) is 0 Å². The number of carbonyl (C=O) groups is 1. The van der Waals surface area contributed by atoms with Gasteiger partial charge >= 0.3 is 0 Å². The van der Waals surface area contributed by atoms with Crippen LogP contribution >= 0.6 is 0 Å². The van der Waals surface area contributed by atoms with Gasteiger partial charge < -0.3 is 5.73 Å². The van der Waals surface area contributed by atoms with E-state index in [1.54, 1.807) is 16.9 Å². The molecule has 60 valence electrons. The van der Waals surface area contributed by atoms with E-state index in [0.717, 1.165) is 6.54 Å². The van der Waals surface area contributed by atoms with Crippen molar-refractivity contribution >= 4 is 5.78 Å². The first kappa shape index (κ1) is 7.94. The zero-order valence-electron chi connectivity index (χ0n) is 6.45. The number of aryl methyl sites for hydroxylation is 1. The standard InChI is InChI=1S/C7H11N3O/c1-2-10-4-3-6(9-10)7(11)5-8/h3-4H,2,5,8H2,1H3. The Morgan fingerprint density at radius 3 is 3.00 bits per heavy atom. The molecule has 0 fully saturated rings. The molecule has 0 amide bonds. The highest BCUT2D eigenvalue weighted by Gasteiger charge is 2.05. The molecule has 0 aliphatic heterocycles. The minimum Gasteiger partial charge on any atom is -0.324 e. The van der Waals surface area contributed by atoms with Gasteiger partial charge in [-0.2, -0.15) is 5.10 Å². The average molecular weight is 153 g/mol. The SMILES string of the molecule is CCn1ccc(C(=O)CN)n1. The summed E-state index contributed by atoms with van der Waals surface area (Å²) in [6, 6.07) is 1.68. The lowest BCUT2D eigenvalue weighted by molar-refractivity contribution is 0.0996. The van der Waals surface area contributed by atoms with Gasteiger partial charge in [-0.3, -0.25) is 9.48 Å². The highest BCUT2D eigenvalue weighted by atomic mass is 16.1. The number of nitrogens with zero attached hydrogens (tertiary/aromatic N) is 2. The van der Waals surface area contributed by atoms with Crippen LogP contribution in [0.3, 0.4) is 0 Å². The van der Waals surface area contributed by atoms with E-state index in [4.69, 9.17) is 5.73 Å². The van der Waals surface area contributed by atoms with E-state index in [0.29, 0.717) is 5.69 Å². The third kappa shape index (κ3) is 1.65. The van der Waals surface area contributed by atoms with Gasteiger partial charge in [0.05, 0.1) is 6.54 Å². The predicted molar refractivity (Wildman–Crippen MR) is 41.3 cm³/mol. The Labute approximate surface area is 65.0 Å². The number of ketones is 1. The zero-order chi connectivity index (χ0) is 8.27. The lowest BCUT2D eigenvalue weighted by atomic mass is 10.3. The zero-order valence-corrected chi connectivity index (χ0v) is 6.45. The Kier molecular flexibility index (Phi) is 2.38. The smallest absolute Gasteiger partial charge is 0.196 e. The molecular formula is C7H11N3O. The summed E-state index contributed by atoms with van der Waals surface area (Å²) >= 11 is 0. The molecule has 4 nitrogen and oxygen atoms in total. The second-order valence-corrected chi connectivity index (χ2v) is 2.18. The summed E-state index contributed by atoms with van der Waals surface area (Å²) in [5.41, 5.74) is 5.61. The number of aromatic nitrogens is 2. The molecule has 1 heterocycles. The van der Waals surface area contributed by atoms with Crippen molar-refractivity contribution in [2.24, 2.45) is 5.73 Å². The monoisotopic (exact) mass is 153 g/mol. The van der Waals surface area contributed by atoms with E-state index in [1.807, 2.05) is 6.92 Å². The Morgan fingerprint density at radius 2 is 2.55 bits per heavy atom. The topological polar surface area (TPSA) is 60.9 Å². The van der Waals surface area contributed by atoms with E-state index in [2.05, 4.69) is 5.10 Å². The lowest BCUT2D eigenvalue weighted by Gasteiger charge is -1.92. The second kappa shape index (κ2) is 3.30. The number of rotatable bonds is 3. The van der Waals surface area contributed by atoms with E-state index in [-0.39, 0.29) is 12.3 Å². The van der Waals surface area contributed by atoms with Crippen LogP contribution in [0, 0.1) is 0 Å². The maximum absolute atomic E-state index is 10.9. The van der Waals surface area contributed by atoms with E-state index >= 15 is 0 Å². The molecule has 1 rings (SSSR count). The molecule has 0 radical (unpaired) electrons. The Morgan fingerprint density at radius 1 is 1.82 bits per heavy atom. The summed E-state index contributed by atoms with van der Waals surface area (Å²) in [5, 5.41) is 3.99. The fraction of sp³-hybridized carbons (Fsp3) is 0.429. The summed E-state index contributed by atoms with van der Waals surface area (Å²) in [6.45, 7) is 2.77. The van der Waals surface area contributed by atoms with Crippen LogP contribution in [0.1, 0.15) is 17.4 Å². The van der Waals surface area contributed by atoms with Crippen LogP contribution < -0.4 is 5.73 Å². The summed E-state index contributed by atoms with van der Waals surface area (Å²) < 4.78 is 1.70. The lowest BCUT2D eigenvalue weighted by Crippen LogP contribution is -2.14. The van der Waals surface area contributed by atoms with E-state index in [1.165, 1.54) is 0 Å². The van der Waals surface area contributed by atoms with Gasteiger partial charge in [0.15, 0.2) is 5.78 Å². The molecule has 4 heteroatoms. The molecule has 0 bridgehead atoms. The molecule has 0 saturated heterocycles. The van der Waals surface area contributed by atoms with Crippen molar-refractivity contribution in [3.8, 4) is 0 Å². The molecule has 0 saturated carbocycles. The quantitative estimate of drug-likeness (QED) is 0.624. The Bertz CT molecular complexity index is 254. The van der Waals surface area contributed by atoms with Crippen LogP contribution in [-0.4, -0.2) is 22.1 Å². The number of hydrogen-bond donors (Lipinski definition) is 1. The van der Waals surface area contributed by atoms with Crippen LogP contribution in [-0.2, 0) is 6.54 Å². The molecule has 0 unspecified atom stereocenters. The van der Waals surface area contributed by atoms with Gasteiger partial charge in [-0.15, -0.1) is 0 Å². The van der Waals surface area contributed by atoms with Gasteiger partial charge in [0, 0.05) is 12.7 Å². The highest BCUT2D eigenvalue weighted by molar-refractivity contribution is 5.95. The van der Waals surface area contributed by atoms with Crippen molar-refractivity contribution in [3.63, 3.8) is 0 Å². The summed E-state index contributed by atoms with van der Waals surface area (Å²) in [7, 11) is 0. The minimum absolute atomic E-state index is 0.0285. The van der Waals surface area contributed by atoms with Gasteiger partial charge in [0.2, 0.25) is 0 Å². The minimum atomic E-state index is -0.114. The maximum Gasteiger partial charge on any atom is 0.196 e. The van der Waals surface area contributed by atoms with Crippen molar-refractivity contribution in [1.29, 1.82) is 0 Å². The van der Waals surface area contributed by atoms with E-state index in [9.17, 15) is 4.79 Å². The molecule has 0 atom stereocenters. The first-order valence-corrected chi connectivity index (χ1v) is 3.54. The van der Waals surface area contributed by atoms with Crippen molar-refractivity contribution in [1.82, 2.24) is 9.78 Å². The fourth-order valence-electron chi connectivity index (χ4n) is 0.791. The molecule has 0 spiro atoms. The van der Waals surface area contributed by atoms with Crippen LogP contribution in [0.4, 0.5) is 0 Å². The normalized spacial score (nSPS) is 10.0. The molecule has 0 aromatic carbocycles. The van der Waals surface area contributed by atoms with Gasteiger partial charge in [-0.1, -0.05) is 0 Å². The largest absolute Gasteiger partial charge is 0.324 e. The highest BCUT2D eigenvalue weighted by Crippen LogP contribution is 1.95. The number of Topliss-reactive ketones (excluding diaryl/α,β-unsaturated/α-hetero) is 1. The predicted octanol–water partition coefficient (Wildman–Crippen LogP) is 0.0444. The summed E-state index contributed by atoms with van der Waals surface area (Å²) in [4.78, 5) is 10.9. The number of hydrogen-bond acceptors (Lipinski definition) is 3. The van der Waals surface area contributed by atoms with Crippen LogP contribution in [0.2, 0.25) is 0 Å². The third-order valence-corrected chi connectivity index (χ3v) is 1.44. The average Bonchev–Trinajstić information content (AvgIpc) is 2.50. The third-order valence-electron chi connectivity index (χ3n) is 1.44. The Balaban J connectivity index is 2.80. The molecule has 1 aromatic heterocycles. The van der Waals surface area contributed by atoms with Gasteiger partial charge in [0.25, 0.3) is 0 Å². The van der Waals surface area contributed by atoms with Crippen LogP contribution in [0.25, 0.3) is 0 Å². The molecule has 1 aromatic rings. The maximum atomic E-state index is 10.9. The van der Waals surface area contributed by atoms with Crippen molar-refractivity contribution in [2.45, 2.75) is 13.5 Å². The summed E-state index contributed by atoms with van der Waals surface area (Å²) in [5.74, 6) is -0.114. The van der Waals surface area contributed by atoms with Gasteiger partial charge in [0.1, 0.15) is 5.69 Å². The fourth-order valence-corrected chi connectivity index (χ4v) is 0.791. The second-order valence-electron chi connectivity index (χ2n) is 2.18.